The standard InChI is InChI=1S/C17H19F5N4O2S.HI/c1-3-27-12-6-10(4-5-11(12)28-15(18)19)7-24-16(23-2)25-8-14-26-13(9-29-14)17(20,21)22;/h4-6,9,15H,3,7-8H2,1-2H3,(H2,23,24,25);1H. The number of thiazole rings is 1. The van der Waals surface area contributed by atoms with Crippen LogP contribution in [0.15, 0.2) is 28.6 Å². The quantitative estimate of drug-likeness (QED) is 0.211. The lowest BCUT2D eigenvalue weighted by Gasteiger charge is -2.14. The zero-order chi connectivity index (χ0) is 21.4. The van der Waals surface area contributed by atoms with Crippen LogP contribution >= 0.6 is 35.3 Å². The lowest BCUT2D eigenvalue weighted by atomic mass is 10.2. The first kappa shape index (κ1) is 26.1. The van der Waals surface area contributed by atoms with E-state index >= 15 is 0 Å². The van der Waals surface area contributed by atoms with Gasteiger partial charge in [-0.1, -0.05) is 6.07 Å². The van der Waals surface area contributed by atoms with E-state index < -0.39 is 18.5 Å². The summed E-state index contributed by atoms with van der Waals surface area (Å²) in [6, 6.07) is 4.51. The van der Waals surface area contributed by atoms with E-state index in [-0.39, 0.29) is 60.2 Å². The molecule has 168 valence electrons. The van der Waals surface area contributed by atoms with Crippen LogP contribution in [0.5, 0.6) is 11.5 Å². The lowest BCUT2D eigenvalue weighted by Crippen LogP contribution is -2.36. The highest BCUT2D eigenvalue weighted by Gasteiger charge is 2.33. The third-order valence-electron chi connectivity index (χ3n) is 3.46. The SMILES string of the molecule is CCOc1cc(CNC(=NC)NCc2nc(C(F)(F)F)cs2)ccc1OC(F)F.I. The van der Waals surface area contributed by atoms with E-state index in [1.165, 1.54) is 13.1 Å². The fourth-order valence-corrected chi connectivity index (χ4v) is 2.95. The molecule has 1 heterocycles. The molecule has 2 N–H and O–H groups in total. The largest absolute Gasteiger partial charge is 0.490 e. The third kappa shape index (κ3) is 8.08. The molecule has 1 aromatic carbocycles. The predicted octanol–water partition coefficient (Wildman–Crippen LogP) is 4.65. The molecule has 0 aliphatic carbocycles. The normalized spacial score (nSPS) is 11.8. The summed E-state index contributed by atoms with van der Waals surface area (Å²) in [4.78, 5) is 7.51. The molecular weight excluding hydrogens is 546 g/mol. The van der Waals surface area contributed by atoms with Crippen LogP contribution in [0.25, 0.3) is 0 Å². The molecule has 0 aliphatic rings. The van der Waals surface area contributed by atoms with Gasteiger partial charge < -0.3 is 20.1 Å². The topological polar surface area (TPSA) is 67.8 Å². The number of hydrogen-bond acceptors (Lipinski definition) is 5. The zero-order valence-electron chi connectivity index (χ0n) is 15.9. The van der Waals surface area contributed by atoms with E-state index in [1.54, 1.807) is 19.1 Å². The van der Waals surface area contributed by atoms with Gasteiger partial charge in [0.05, 0.1) is 13.2 Å². The summed E-state index contributed by atoms with van der Waals surface area (Å²) in [5.74, 6) is 0.439. The molecule has 0 radical (unpaired) electrons. The Balaban J connectivity index is 0.00000450. The first-order chi connectivity index (χ1) is 13.7. The Bertz CT molecular complexity index is 833. The molecule has 0 spiro atoms. The number of nitrogens with one attached hydrogen (secondary N) is 2. The molecule has 0 fully saturated rings. The van der Waals surface area contributed by atoms with Crippen LogP contribution in [-0.2, 0) is 19.3 Å². The van der Waals surface area contributed by atoms with E-state index in [0.29, 0.717) is 11.5 Å². The van der Waals surface area contributed by atoms with Crippen molar-refractivity contribution in [3.05, 3.63) is 39.8 Å². The summed E-state index contributed by atoms with van der Waals surface area (Å²) in [5, 5.41) is 7.04. The number of rotatable bonds is 8. The average molecular weight is 566 g/mol. The first-order valence-corrected chi connectivity index (χ1v) is 9.27. The molecule has 0 bridgehead atoms. The van der Waals surface area contributed by atoms with E-state index in [4.69, 9.17) is 4.74 Å². The summed E-state index contributed by atoms with van der Waals surface area (Å²) < 4.78 is 72.4. The number of benzene rings is 1. The number of hydrogen-bond donors (Lipinski definition) is 2. The van der Waals surface area contributed by atoms with E-state index in [2.05, 4.69) is 25.3 Å². The summed E-state index contributed by atoms with van der Waals surface area (Å²) in [6.45, 7) is -0.657. The minimum absolute atomic E-state index is 0. The van der Waals surface area contributed by atoms with Gasteiger partial charge in [0.2, 0.25) is 0 Å². The van der Waals surface area contributed by atoms with Gasteiger partial charge in [-0.15, -0.1) is 35.3 Å². The van der Waals surface area contributed by atoms with Crippen LogP contribution in [0.2, 0.25) is 0 Å². The number of aromatic nitrogens is 1. The van der Waals surface area contributed by atoms with Crippen molar-refractivity contribution >= 4 is 41.3 Å². The van der Waals surface area contributed by atoms with Gasteiger partial charge >= 0.3 is 12.8 Å². The summed E-state index contributed by atoms with van der Waals surface area (Å²) in [6.07, 6.45) is -4.48. The lowest BCUT2D eigenvalue weighted by molar-refractivity contribution is -0.140. The van der Waals surface area contributed by atoms with Crippen molar-refractivity contribution in [2.75, 3.05) is 13.7 Å². The number of ether oxygens (including phenoxy) is 2. The van der Waals surface area contributed by atoms with Gasteiger partial charge in [0, 0.05) is 19.0 Å². The van der Waals surface area contributed by atoms with Crippen LogP contribution in [-0.4, -0.2) is 31.2 Å². The Morgan fingerprint density at radius 2 is 1.90 bits per heavy atom. The number of alkyl halides is 5. The van der Waals surface area contributed by atoms with Crippen molar-refractivity contribution < 1.29 is 31.4 Å². The molecule has 0 saturated heterocycles. The maximum Gasteiger partial charge on any atom is 0.434 e. The summed E-state index contributed by atoms with van der Waals surface area (Å²) in [7, 11) is 1.50. The molecule has 0 unspecified atom stereocenters. The van der Waals surface area contributed by atoms with Gasteiger partial charge in [-0.3, -0.25) is 4.99 Å². The molecular formula is C17H20F5IN4O2S. The highest BCUT2D eigenvalue weighted by atomic mass is 127. The van der Waals surface area contributed by atoms with Crippen molar-refractivity contribution in [3.8, 4) is 11.5 Å². The van der Waals surface area contributed by atoms with Crippen LogP contribution in [0.3, 0.4) is 0 Å². The predicted molar refractivity (Wildman–Crippen MR) is 114 cm³/mol. The second-order valence-corrected chi connectivity index (χ2v) is 6.44. The fourth-order valence-electron chi connectivity index (χ4n) is 2.21. The molecule has 0 atom stereocenters. The van der Waals surface area contributed by atoms with E-state index in [1.807, 2.05) is 0 Å². The molecule has 1 aromatic heterocycles. The van der Waals surface area contributed by atoms with Gasteiger partial charge in [-0.2, -0.15) is 22.0 Å². The number of guanidine groups is 1. The van der Waals surface area contributed by atoms with Gasteiger partial charge in [0.1, 0.15) is 5.01 Å². The number of halogens is 6. The smallest absolute Gasteiger partial charge is 0.434 e. The van der Waals surface area contributed by atoms with Gasteiger partial charge in [0.15, 0.2) is 23.2 Å². The van der Waals surface area contributed by atoms with Crippen LogP contribution in [0.4, 0.5) is 22.0 Å². The Morgan fingerprint density at radius 1 is 1.20 bits per heavy atom. The monoisotopic (exact) mass is 566 g/mol. The van der Waals surface area contributed by atoms with Gasteiger partial charge in [-0.25, -0.2) is 4.98 Å². The first-order valence-electron chi connectivity index (χ1n) is 8.39. The molecule has 0 saturated carbocycles. The van der Waals surface area contributed by atoms with E-state index in [0.717, 1.165) is 16.7 Å². The Labute approximate surface area is 190 Å². The van der Waals surface area contributed by atoms with Crippen molar-refractivity contribution in [1.82, 2.24) is 15.6 Å². The zero-order valence-corrected chi connectivity index (χ0v) is 19.1. The molecule has 6 nitrogen and oxygen atoms in total. The minimum atomic E-state index is -4.48. The number of nitrogens with zero attached hydrogens (tertiary/aromatic N) is 2. The van der Waals surface area contributed by atoms with Crippen molar-refractivity contribution in [2.45, 2.75) is 32.8 Å². The van der Waals surface area contributed by atoms with Crippen molar-refractivity contribution in [3.63, 3.8) is 0 Å². The fraction of sp³-hybridized carbons (Fsp3) is 0.412. The Hall–Kier alpha value is -1.90. The summed E-state index contributed by atoms with van der Waals surface area (Å²) >= 11 is 0.889. The Kier molecular flexibility index (Phi) is 10.5. The van der Waals surface area contributed by atoms with Crippen molar-refractivity contribution in [1.29, 1.82) is 0 Å². The molecule has 0 aliphatic heterocycles. The average Bonchev–Trinajstić information content (AvgIpc) is 3.13. The van der Waals surface area contributed by atoms with Gasteiger partial charge in [0.25, 0.3) is 0 Å². The van der Waals surface area contributed by atoms with Crippen molar-refractivity contribution in [2.24, 2.45) is 4.99 Å². The van der Waals surface area contributed by atoms with Gasteiger partial charge in [-0.05, 0) is 24.6 Å². The van der Waals surface area contributed by atoms with Crippen LogP contribution in [0.1, 0.15) is 23.2 Å². The molecule has 2 aromatic rings. The molecule has 2 rings (SSSR count). The minimum Gasteiger partial charge on any atom is -0.490 e. The molecule has 13 heteroatoms. The molecule has 0 amide bonds. The second-order valence-electron chi connectivity index (χ2n) is 5.50. The second kappa shape index (κ2) is 12.1. The molecule has 30 heavy (non-hydrogen) atoms. The van der Waals surface area contributed by atoms with Crippen LogP contribution < -0.4 is 20.1 Å². The number of aliphatic imine (C=N–C) groups is 1. The highest BCUT2D eigenvalue weighted by Crippen LogP contribution is 2.30. The third-order valence-corrected chi connectivity index (χ3v) is 4.31. The maximum atomic E-state index is 12.6. The summed E-state index contributed by atoms with van der Waals surface area (Å²) in [5.41, 5.74) is -0.233. The van der Waals surface area contributed by atoms with E-state index in [9.17, 15) is 22.0 Å². The Morgan fingerprint density at radius 3 is 2.47 bits per heavy atom. The maximum absolute atomic E-state index is 12.6. The highest BCUT2D eigenvalue weighted by molar-refractivity contribution is 14.0. The van der Waals surface area contributed by atoms with Crippen LogP contribution in [0, 0.1) is 0 Å².